The predicted molar refractivity (Wildman–Crippen MR) is 60.9 cm³/mol. The molecule has 0 N–H and O–H groups in total. The van der Waals surface area contributed by atoms with Crippen LogP contribution in [0.2, 0.25) is 0 Å². The Labute approximate surface area is 92.2 Å². The molecule has 1 aromatic carbocycles. The second kappa shape index (κ2) is 4.45. The first-order chi connectivity index (χ1) is 7.81. The highest BCUT2D eigenvalue weighted by Crippen LogP contribution is 2.16. The standard InChI is InChI=1S/C13H9NO2/c14-8-4-3-5-10-9-13(15)16-12-7-2-1-6-11(10)12/h1-4,6-7,9H,5H2. The van der Waals surface area contributed by atoms with Gasteiger partial charge < -0.3 is 4.42 Å². The van der Waals surface area contributed by atoms with Crippen molar-refractivity contribution in [2.45, 2.75) is 6.42 Å². The topological polar surface area (TPSA) is 54.0 Å². The molecule has 0 saturated carbocycles. The third kappa shape index (κ3) is 2.01. The number of nitrogens with zero attached hydrogens (tertiary/aromatic N) is 1. The molecule has 2 rings (SSSR count). The molecule has 3 heteroatoms. The minimum Gasteiger partial charge on any atom is -0.423 e. The maximum atomic E-state index is 11.3. The third-order valence-electron chi connectivity index (χ3n) is 2.27. The average Bonchev–Trinajstić information content (AvgIpc) is 2.29. The van der Waals surface area contributed by atoms with Crippen LogP contribution < -0.4 is 5.63 Å². The summed E-state index contributed by atoms with van der Waals surface area (Å²) >= 11 is 0. The molecule has 0 saturated heterocycles. The Morgan fingerprint density at radius 1 is 1.38 bits per heavy atom. The number of hydrogen-bond acceptors (Lipinski definition) is 3. The molecule has 0 atom stereocenters. The smallest absolute Gasteiger partial charge is 0.336 e. The van der Waals surface area contributed by atoms with E-state index in [0.717, 1.165) is 10.9 Å². The van der Waals surface area contributed by atoms with E-state index in [0.29, 0.717) is 12.0 Å². The second-order valence-electron chi connectivity index (χ2n) is 3.32. The molecule has 3 nitrogen and oxygen atoms in total. The first-order valence-corrected chi connectivity index (χ1v) is 4.87. The summed E-state index contributed by atoms with van der Waals surface area (Å²) in [5, 5.41) is 9.30. The van der Waals surface area contributed by atoms with Gasteiger partial charge in [-0.05, 0) is 18.1 Å². The van der Waals surface area contributed by atoms with Crippen molar-refractivity contribution in [3.8, 4) is 6.07 Å². The van der Waals surface area contributed by atoms with Crippen LogP contribution in [0.5, 0.6) is 0 Å². The molecule has 78 valence electrons. The van der Waals surface area contributed by atoms with Gasteiger partial charge in [0.15, 0.2) is 0 Å². The molecule has 1 aromatic heterocycles. The lowest BCUT2D eigenvalue weighted by atomic mass is 10.1. The number of nitriles is 1. The molecule has 0 radical (unpaired) electrons. The highest BCUT2D eigenvalue weighted by Gasteiger charge is 2.02. The van der Waals surface area contributed by atoms with E-state index in [1.807, 2.05) is 24.3 Å². The molecule has 0 bridgehead atoms. The Morgan fingerprint density at radius 3 is 3.00 bits per heavy atom. The maximum Gasteiger partial charge on any atom is 0.336 e. The van der Waals surface area contributed by atoms with Crippen LogP contribution in [-0.4, -0.2) is 0 Å². The van der Waals surface area contributed by atoms with E-state index >= 15 is 0 Å². The fraction of sp³-hybridized carbons (Fsp3) is 0.0769. The van der Waals surface area contributed by atoms with E-state index in [4.69, 9.17) is 9.68 Å². The molecule has 16 heavy (non-hydrogen) atoms. The van der Waals surface area contributed by atoms with Gasteiger partial charge in [-0.3, -0.25) is 0 Å². The highest BCUT2D eigenvalue weighted by atomic mass is 16.4. The van der Waals surface area contributed by atoms with Gasteiger partial charge in [0.2, 0.25) is 0 Å². The van der Waals surface area contributed by atoms with Crippen LogP contribution in [-0.2, 0) is 6.42 Å². The van der Waals surface area contributed by atoms with Gasteiger partial charge in [0.05, 0.1) is 6.07 Å². The first-order valence-electron chi connectivity index (χ1n) is 4.87. The van der Waals surface area contributed by atoms with Gasteiger partial charge in [0.1, 0.15) is 5.58 Å². The largest absolute Gasteiger partial charge is 0.423 e. The summed E-state index contributed by atoms with van der Waals surface area (Å²) in [6.45, 7) is 0. The molecule has 0 aliphatic rings. The van der Waals surface area contributed by atoms with E-state index in [1.54, 1.807) is 12.1 Å². The number of hydrogen-bond donors (Lipinski definition) is 0. The minimum atomic E-state index is -0.362. The molecule has 0 aliphatic heterocycles. The lowest BCUT2D eigenvalue weighted by Crippen LogP contribution is -1.99. The molecule has 0 unspecified atom stereocenters. The van der Waals surface area contributed by atoms with Crippen molar-refractivity contribution in [1.29, 1.82) is 5.26 Å². The van der Waals surface area contributed by atoms with Gasteiger partial charge in [-0.15, -0.1) is 0 Å². The van der Waals surface area contributed by atoms with E-state index in [-0.39, 0.29) is 5.63 Å². The first kappa shape index (κ1) is 10.2. The van der Waals surface area contributed by atoms with Crippen LogP contribution in [0.3, 0.4) is 0 Å². The summed E-state index contributed by atoms with van der Waals surface area (Å²) < 4.78 is 5.06. The van der Waals surface area contributed by atoms with Gasteiger partial charge in [-0.1, -0.05) is 24.3 Å². The summed E-state index contributed by atoms with van der Waals surface area (Å²) in [6.07, 6.45) is 3.68. The molecule has 0 spiro atoms. The highest BCUT2D eigenvalue weighted by molar-refractivity contribution is 5.80. The molecule has 0 fully saturated rings. The van der Waals surface area contributed by atoms with Crippen LogP contribution in [0.25, 0.3) is 11.0 Å². The second-order valence-corrected chi connectivity index (χ2v) is 3.32. The minimum absolute atomic E-state index is 0.362. The number of fused-ring (bicyclic) bond motifs is 1. The summed E-state index contributed by atoms with van der Waals surface area (Å²) in [6, 6.07) is 10.7. The van der Waals surface area contributed by atoms with Gasteiger partial charge in [-0.25, -0.2) is 4.79 Å². The number of rotatable bonds is 2. The molecule has 0 aliphatic carbocycles. The Balaban J connectivity index is 2.55. The predicted octanol–water partition coefficient (Wildman–Crippen LogP) is 2.42. The zero-order chi connectivity index (χ0) is 11.4. The lowest BCUT2D eigenvalue weighted by molar-refractivity contribution is 0.559. The van der Waals surface area contributed by atoms with Gasteiger partial charge >= 0.3 is 5.63 Å². The SMILES string of the molecule is N#CC=CCc1cc(=O)oc2ccccc12. The molecule has 0 amide bonds. The fourth-order valence-corrected chi connectivity index (χ4v) is 1.59. The van der Waals surface area contributed by atoms with Crippen molar-refractivity contribution in [1.82, 2.24) is 0 Å². The van der Waals surface area contributed by atoms with E-state index in [1.165, 1.54) is 12.1 Å². The number of allylic oxidation sites excluding steroid dienone is 2. The van der Waals surface area contributed by atoms with Crippen LogP contribution in [0.1, 0.15) is 5.56 Å². The van der Waals surface area contributed by atoms with Crippen LogP contribution in [0.4, 0.5) is 0 Å². The molecular formula is C13H9NO2. The summed E-state index contributed by atoms with van der Waals surface area (Å²) in [4.78, 5) is 11.3. The van der Waals surface area contributed by atoms with Crippen LogP contribution in [0.15, 0.2) is 51.7 Å². The van der Waals surface area contributed by atoms with Gasteiger partial charge in [0, 0.05) is 17.5 Å². The van der Waals surface area contributed by atoms with Crippen molar-refractivity contribution < 1.29 is 4.42 Å². The fourth-order valence-electron chi connectivity index (χ4n) is 1.59. The number of benzene rings is 1. The maximum absolute atomic E-state index is 11.3. The summed E-state index contributed by atoms with van der Waals surface area (Å²) in [5.41, 5.74) is 1.09. The zero-order valence-electron chi connectivity index (χ0n) is 8.51. The zero-order valence-corrected chi connectivity index (χ0v) is 8.51. The average molecular weight is 211 g/mol. The monoisotopic (exact) mass is 211 g/mol. The Bertz CT molecular complexity index is 632. The van der Waals surface area contributed by atoms with Crippen molar-refractivity contribution in [2.75, 3.05) is 0 Å². The quantitative estimate of drug-likeness (QED) is 0.566. The van der Waals surface area contributed by atoms with E-state index in [9.17, 15) is 4.79 Å². The molecule has 2 aromatic rings. The van der Waals surface area contributed by atoms with E-state index < -0.39 is 0 Å². The van der Waals surface area contributed by atoms with Crippen molar-refractivity contribution in [3.05, 3.63) is 58.5 Å². The summed E-state index contributed by atoms with van der Waals surface area (Å²) in [7, 11) is 0. The van der Waals surface area contributed by atoms with Gasteiger partial charge in [-0.2, -0.15) is 5.26 Å². The Hall–Kier alpha value is -2.34. The van der Waals surface area contributed by atoms with Crippen LogP contribution >= 0.6 is 0 Å². The van der Waals surface area contributed by atoms with Crippen molar-refractivity contribution in [2.24, 2.45) is 0 Å². The number of para-hydroxylation sites is 1. The Morgan fingerprint density at radius 2 is 2.19 bits per heavy atom. The van der Waals surface area contributed by atoms with Crippen molar-refractivity contribution >= 4 is 11.0 Å². The van der Waals surface area contributed by atoms with Crippen LogP contribution in [0, 0.1) is 11.3 Å². The van der Waals surface area contributed by atoms with E-state index in [2.05, 4.69) is 0 Å². The normalized spacial score (nSPS) is 10.7. The molecule has 1 heterocycles. The lowest BCUT2D eigenvalue weighted by Gasteiger charge is -2.01. The molecular weight excluding hydrogens is 202 g/mol. The Kier molecular flexibility index (Phi) is 2.84. The van der Waals surface area contributed by atoms with Gasteiger partial charge in [0.25, 0.3) is 0 Å². The van der Waals surface area contributed by atoms with Crippen molar-refractivity contribution in [3.63, 3.8) is 0 Å². The summed E-state index contributed by atoms with van der Waals surface area (Å²) in [5.74, 6) is 0. The third-order valence-corrected chi connectivity index (χ3v) is 2.27.